The normalized spacial score (nSPS) is 10.7. The molecule has 0 unspecified atom stereocenters. The van der Waals surface area contributed by atoms with Crippen LogP contribution in [0.15, 0.2) is 53.0 Å². The van der Waals surface area contributed by atoms with E-state index < -0.39 is 5.97 Å². The van der Waals surface area contributed by atoms with Crippen LogP contribution in [0.2, 0.25) is 10.0 Å². The fourth-order valence-corrected chi connectivity index (χ4v) is 4.12. The molecule has 3 aromatic carbocycles. The van der Waals surface area contributed by atoms with Gasteiger partial charge in [0.1, 0.15) is 6.61 Å². The highest BCUT2D eigenvalue weighted by molar-refractivity contribution is 9.10. The largest absolute Gasteiger partial charge is 0.490 e. The lowest BCUT2D eigenvalue weighted by molar-refractivity contribution is 0.0697. The Morgan fingerprint density at radius 3 is 2.56 bits per heavy atom. The van der Waals surface area contributed by atoms with E-state index in [-0.39, 0.29) is 12.2 Å². The zero-order valence-electron chi connectivity index (χ0n) is 17.5. The molecule has 0 heterocycles. The number of hydrogen-bond donors (Lipinski definition) is 2. The highest BCUT2D eigenvalue weighted by Crippen LogP contribution is 2.38. The van der Waals surface area contributed by atoms with Gasteiger partial charge < -0.3 is 19.9 Å². The third-order valence-corrected chi connectivity index (χ3v) is 5.90. The Hall–Kier alpha value is -2.41. The van der Waals surface area contributed by atoms with Crippen LogP contribution in [-0.4, -0.2) is 17.7 Å². The van der Waals surface area contributed by atoms with Gasteiger partial charge in [-0.15, -0.1) is 0 Å². The van der Waals surface area contributed by atoms with Gasteiger partial charge in [-0.1, -0.05) is 35.3 Å². The third kappa shape index (κ3) is 6.09. The standard InChI is InChI=1S/C24H22BrCl2NO4/c1-3-31-22-9-15(12-28-21-10-16(24(29)30)5-4-14(21)2)8-19(25)23(22)32-13-17-6-7-18(26)11-20(17)27/h4-11,28H,3,12-13H2,1-2H3,(H,29,30). The average molecular weight is 539 g/mol. The van der Waals surface area contributed by atoms with Gasteiger partial charge in [-0.05, 0) is 77.3 Å². The molecule has 0 amide bonds. The number of ether oxygens (including phenoxy) is 2. The fourth-order valence-electron chi connectivity index (χ4n) is 3.06. The lowest BCUT2D eigenvalue weighted by atomic mass is 10.1. The Morgan fingerprint density at radius 1 is 1.09 bits per heavy atom. The average Bonchev–Trinajstić information content (AvgIpc) is 2.74. The summed E-state index contributed by atoms with van der Waals surface area (Å²) >= 11 is 15.8. The molecule has 0 aromatic heterocycles. The number of halogens is 3. The first kappa shape index (κ1) is 24.2. The van der Waals surface area contributed by atoms with Crippen LogP contribution >= 0.6 is 39.1 Å². The minimum atomic E-state index is -0.961. The number of carboxylic acids is 1. The van der Waals surface area contributed by atoms with Crippen LogP contribution in [0.1, 0.15) is 34.0 Å². The predicted molar refractivity (Wildman–Crippen MR) is 132 cm³/mol. The minimum Gasteiger partial charge on any atom is -0.490 e. The summed E-state index contributed by atoms with van der Waals surface area (Å²) in [4.78, 5) is 11.3. The van der Waals surface area contributed by atoms with E-state index in [1.807, 2.05) is 32.0 Å². The fraction of sp³-hybridized carbons (Fsp3) is 0.208. The van der Waals surface area contributed by atoms with Crippen LogP contribution in [0, 0.1) is 6.92 Å². The van der Waals surface area contributed by atoms with Crippen molar-refractivity contribution in [2.24, 2.45) is 0 Å². The maximum Gasteiger partial charge on any atom is 0.335 e. The van der Waals surface area contributed by atoms with E-state index in [4.69, 9.17) is 32.7 Å². The number of carboxylic acid groups (broad SMARTS) is 1. The molecule has 0 fully saturated rings. The second kappa shape index (κ2) is 10.9. The van der Waals surface area contributed by atoms with Crippen LogP contribution < -0.4 is 14.8 Å². The molecule has 3 rings (SSSR count). The molecule has 0 saturated heterocycles. The van der Waals surface area contributed by atoms with Crippen molar-refractivity contribution in [2.75, 3.05) is 11.9 Å². The number of nitrogens with one attached hydrogen (secondary N) is 1. The number of aromatic carboxylic acids is 1. The molecule has 0 aliphatic rings. The third-order valence-electron chi connectivity index (χ3n) is 4.72. The molecule has 3 aromatic rings. The van der Waals surface area contributed by atoms with Gasteiger partial charge in [0.2, 0.25) is 0 Å². The summed E-state index contributed by atoms with van der Waals surface area (Å²) in [7, 11) is 0. The molecule has 5 nitrogen and oxygen atoms in total. The lowest BCUT2D eigenvalue weighted by Crippen LogP contribution is -2.06. The van der Waals surface area contributed by atoms with Crippen molar-refractivity contribution in [2.45, 2.75) is 27.0 Å². The maximum absolute atomic E-state index is 11.3. The van der Waals surface area contributed by atoms with Crippen molar-refractivity contribution in [3.05, 3.63) is 85.3 Å². The first-order valence-electron chi connectivity index (χ1n) is 9.88. The summed E-state index contributed by atoms with van der Waals surface area (Å²) in [5.74, 6) is 0.210. The summed E-state index contributed by atoms with van der Waals surface area (Å²) in [5, 5.41) is 13.6. The van der Waals surface area contributed by atoms with Crippen LogP contribution in [0.3, 0.4) is 0 Å². The molecule has 0 atom stereocenters. The van der Waals surface area contributed by atoms with Gasteiger partial charge in [0.15, 0.2) is 11.5 Å². The number of anilines is 1. The van der Waals surface area contributed by atoms with E-state index in [0.29, 0.717) is 34.7 Å². The number of benzene rings is 3. The van der Waals surface area contributed by atoms with Crippen molar-refractivity contribution >= 4 is 50.8 Å². The maximum atomic E-state index is 11.3. The number of aryl methyl sites for hydroxylation is 1. The van der Waals surface area contributed by atoms with Gasteiger partial charge in [-0.2, -0.15) is 0 Å². The molecule has 32 heavy (non-hydrogen) atoms. The smallest absolute Gasteiger partial charge is 0.335 e. The minimum absolute atomic E-state index is 0.235. The van der Waals surface area contributed by atoms with Crippen LogP contribution in [-0.2, 0) is 13.2 Å². The van der Waals surface area contributed by atoms with Crippen LogP contribution in [0.4, 0.5) is 5.69 Å². The molecule has 0 bridgehead atoms. The quantitative estimate of drug-likeness (QED) is 0.298. The van der Waals surface area contributed by atoms with Gasteiger partial charge >= 0.3 is 5.97 Å². The van der Waals surface area contributed by atoms with Gasteiger partial charge in [0, 0.05) is 27.8 Å². The number of hydrogen-bond acceptors (Lipinski definition) is 4. The SMILES string of the molecule is CCOc1cc(CNc2cc(C(=O)O)ccc2C)cc(Br)c1OCc1ccc(Cl)cc1Cl. The molecular weight excluding hydrogens is 517 g/mol. The topological polar surface area (TPSA) is 67.8 Å². The zero-order valence-corrected chi connectivity index (χ0v) is 20.6. The van der Waals surface area contributed by atoms with Crippen molar-refractivity contribution in [1.29, 1.82) is 0 Å². The molecular formula is C24H22BrCl2NO4. The number of carbonyl (C=O) groups is 1. The second-order valence-corrected chi connectivity index (χ2v) is 8.75. The Bertz CT molecular complexity index is 1140. The van der Waals surface area contributed by atoms with Crippen LogP contribution in [0.5, 0.6) is 11.5 Å². The van der Waals surface area contributed by atoms with E-state index in [9.17, 15) is 9.90 Å². The molecule has 0 radical (unpaired) electrons. The monoisotopic (exact) mass is 537 g/mol. The van der Waals surface area contributed by atoms with Gasteiger partial charge in [0.25, 0.3) is 0 Å². The highest BCUT2D eigenvalue weighted by atomic mass is 79.9. The van der Waals surface area contributed by atoms with Crippen molar-refractivity contribution in [3.8, 4) is 11.5 Å². The Balaban J connectivity index is 1.79. The summed E-state index contributed by atoms with van der Waals surface area (Å²) in [6.45, 7) is 5.04. The molecule has 0 spiro atoms. The van der Waals surface area contributed by atoms with Gasteiger partial charge in [-0.25, -0.2) is 4.79 Å². The van der Waals surface area contributed by atoms with Crippen molar-refractivity contribution in [3.63, 3.8) is 0 Å². The Kier molecular flexibility index (Phi) is 8.29. The van der Waals surface area contributed by atoms with Crippen molar-refractivity contribution < 1.29 is 19.4 Å². The second-order valence-electron chi connectivity index (χ2n) is 7.05. The molecule has 2 N–H and O–H groups in total. The van der Waals surface area contributed by atoms with E-state index in [1.54, 1.807) is 30.3 Å². The Labute approximate surface area is 205 Å². The molecule has 8 heteroatoms. The molecule has 0 saturated carbocycles. The zero-order chi connectivity index (χ0) is 23.3. The molecule has 0 aliphatic carbocycles. The molecule has 168 valence electrons. The lowest BCUT2D eigenvalue weighted by Gasteiger charge is -2.17. The summed E-state index contributed by atoms with van der Waals surface area (Å²) in [6, 6.07) is 14.1. The van der Waals surface area contributed by atoms with E-state index in [0.717, 1.165) is 26.9 Å². The summed E-state index contributed by atoms with van der Waals surface area (Å²) in [6.07, 6.45) is 0. The first-order chi connectivity index (χ1) is 15.3. The van der Waals surface area contributed by atoms with E-state index in [1.165, 1.54) is 0 Å². The van der Waals surface area contributed by atoms with E-state index in [2.05, 4.69) is 21.2 Å². The van der Waals surface area contributed by atoms with Crippen LogP contribution in [0.25, 0.3) is 0 Å². The van der Waals surface area contributed by atoms with Gasteiger partial charge in [0.05, 0.1) is 16.6 Å². The summed E-state index contributed by atoms with van der Waals surface area (Å²) < 4.78 is 12.6. The van der Waals surface area contributed by atoms with Gasteiger partial charge in [-0.3, -0.25) is 0 Å². The van der Waals surface area contributed by atoms with E-state index >= 15 is 0 Å². The molecule has 0 aliphatic heterocycles. The predicted octanol–water partition coefficient (Wildman–Crippen LogP) is 7.35. The number of rotatable bonds is 9. The highest BCUT2D eigenvalue weighted by Gasteiger charge is 2.14. The summed E-state index contributed by atoms with van der Waals surface area (Å²) in [5.41, 5.74) is 3.71. The first-order valence-corrected chi connectivity index (χ1v) is 11.4. The Morgan fingerprint density at radius 2 is 1.88 bits per heavy atom. The van der Waals surface area contributed by atoms with Crippen molar-refractivity contribution in [1.82, 2.24) is 0 Å².